The molecule has 1 amide bonds. The van der Waals surface area contributed by atoms with E-state index in [0.717, 1.165) is 23.1 Å². The Morgan fingerprint density at radius 3 is 2.86 bits per heavy atom. The van der Waals surface area contributed by atoms with E-state index in [2.05, 4.69) is 5.32 Å². The van der Waals surface area contributed by atoms with Gasteiger partial charge in [-0.05, 0) is 38.0 Å². The normalized spacial score (nSPS) is 12.4. The number of amides is 1. The van der Waals surface area contributed by atoms with Crippen molar-refractivity contribution in [1.82, 2.24) is 5.32 Å². The van der Waals surface area contributed by atoms with Crippen molar-refractivity contribution in [3.8, 4) is 5.75 Å². The van der Waals surface area contributed by atoms with E-state index >= 15 is 0 Å². The number of furan rings is 1. The molecule has 0 saturated carbocycles. The molecule has 0 fully saturated rings. The van der Waals surface area contributed by atoms with Gasteiger partial charge in [0, 0.05) is 23.6 Å². The lowest BCUT2D eigenvalue weighted by atomic mass is 10.1. The van der Waals surface area contributed by atoms with Crippen LogP contribution in [0.3, 0.4) is 0 Å². The molecule has 0 bridgehead atoms. The van der Waals surface area contributed by atoms with Crippen LogP contribution < -0.4 is 10.1 Å². The third kappa shape index (κ3) is 3.19. The van der Waals surface area contributed by atoms with E-state index in [-0.39, 0.29) is 18.6 Å². The number of aliphatic hydroxyl groups is 1. The van der Waals surface area contributed by atoms with Gasteiger partial charge in [-0.1, -0.05) is 6.92 Å². The summed E-state index contributed by atoms with van der Waals surface area (Å²) < 4.78 is 10.8. The van der Waals surface area contributed by atoms with Crippen molar-refractivity contribution >= 4 is 16.9 Å². The minimum absolute atomic E-state index is 0.0507. The van der Waals surface area contributed by atoms with Crippen molar-refractivity contribution in [3.05, 3.63) is 29.5 Å². The monoisotopic (exact) mass is 291 g/mol. The predicted molar refractivity (Wildman–Crippen MR) is 80.8 cm³/mol. The maximum absolute atomic E-state index is 12.3. The highest BCUT2D eigenvalue weighted by Crippen LogP contribution is 2.28. The Bertz CT molecular complexity index is 632. The van der Waals surface area contributed by atoms with E-state index in [9.17, 15) is 4.79 Å². The molecule has 21 heavy (non-hydrogen) atoms. The average Bonchev–Trinajstić information content (AvgIpc) is 2.83. The first-order valence-corrected chi connectivity index (χ1v) is 7.09. The topological polar surface area (TPSA) is 71.7 Å². The first kappa shape index (κ1) is 15.4. The lowest BCUT2D eigenvalue weighted by Crippen LogP contribution is -2.35. The maximum Gasteiger partial charge on any atom is 0.287 e. The van der Waals surface area contributed by atoms with Crippen molar-refractivity contribution < 1.29 is 19.1 Å². The van der Waals surface area contributed by atoms with Crippen molar-refractivity contribution in [2.45, 2.75) is 32.7 Å². The second-order valence-corrected chi connectivity index (χ2v) is 5.01. The van der Waals surface area contributed by atoms with Crippen LogP contribution in [0.2, 0.25) is 0 Å². The smallest absolute Gasteiger partial charge is 0.287 e. The summed E-state index contributed by atoms with van der Waals surface area (Å²) >= 11 is 0. The van der Waals surface area contributed by atoms with Gasteiger partial charge in [0.1, 0.15) is 11.3 Å². The largest absolute Gasteiger partial charge is 0.497 e. The number of carbonyl (C=O) groups excluding carboxylic acids is 1. The van der Waals surface area contributed by atoms with Crippen LogP contribution in [0.25, 0.3) is 11.0 Å². The number of fused-ring (bicyclic) bond motifs is 1. The van der Waals surface area contributed by atoms with Gasteiger partial charge in [0.05, 0.1) is 7.11 Å². The highest BCUT2D eigenvalue weighted by molar-refractivity contribution is 5.99. The minimum atomic E-state index is -0.247. The number of hydrogen-bond acceptors (Lipinski definition) is 4. The summed E-state index contributed by atoms with van der Waals surface area (Å²) in [5.41, 5.74) is 1.45. The van der Waals surface area contributed by atoms with E-state index in [4.69, 9.17) is 14.3 Å². The Morgan fingerprint density at radius 1 is 1.48 bits per heavy atom. The molecular weight excluding hydrogens is 270 g/mol. The fraction of sp³-hybridized carbons (Fsp3) is 0.438. The van der Waals surface area contributed by atoms with Crippen LogP contribution in [0.1, 0.15) is 35.9 Å². The minimum Gasteiger partial charge on any atom is -0.497 e. The second kappa shape index (κ2) is 6.63. The standard InChI is InChI=1S/C16H21NO4/c1-4-11(7-8-18)17-16(19)15-10(2)13-9-12(20-3)5-6-14(13)21-15/h5-6,9,11,18H,4,7-8H2,1-3H3,(H,17,19). The zero-order valence-electron chi connectivity index (χ0n) is 12.6. The number of ether oxygens (including phenoxy) is 1. The Kier molecular flexibility index (Phi) is 4.85. The molecule has 1 atom stereocenters. The molecule has 0 spiro atoms. The number of carbonyl (C=O) groups is 1. The van der Waals surface area contributed by atoms with E-state index in [1.807, 2.05) is 19.9 Å². The molecule has 1 aromatic heterocycles. The first-order valence-electron chi connectivity index (χ1n) is 7.09. The fourth-order valence-electron chi connectivity index (χ4n) is 2.33. The fourth-order valence-corrected chi connectivity index (χ4v) is 2.33. The van der Waals surface area contributed by atoms with Gasteiger partial charge in [0.2, 0.25) is 0 Å². The quantitative estimate of drug-likeness (QED) is 0.858. The van der Waals surface area contributed by atoms with Crippen LogP contribution in [0.15, 0.2) is 22.6 Å². The second-order valence-electron chi connectivity index (χ2n) is 5.01. The van der Waals surface area contributed by atoms with E-state index < -0.39 is 0 Å². The molecule has 2 aromatic rings. The summed E-state index contributed by atoms with van der Waals surface area (Å²) in [6.07, 6.45) is 1.30. The molecule has 5 heteroatoms. The highest BCUT2D eigenvalue weighted by Gasteiger charge is 2.20. The van der Waals surface area contributed by atoms with Crippen LogP contribution >= 0.6 is 0 Å². The third-order valence-corrected chi connectivity index (χ3v) is 3.66. The molecule has 0 aliphatic rings. The molecular formula is C16H21NO4. The molecule has 2 N–H and O–H groups in total. The molecule has 0 saturated heterocycles. The summed E-state index contributed by atoms with van der Waals surface area (Å²) in [5.74, 6) is 0.794. The molecule has 1 unspecified atom stereocenters. The Hall–Kier alpha value is -2.01. The lowest BCUT2D eigenvalue weighted by molar-refractivity contribution is 0.0902. The summed E-state index contributed by atoms with van der Waals surface area (Å²) in [6.45, 7) is 3.87. The number of aryl methyl sites for hydroxylation is 1. The van der Waals surface area contributed by atoms with E-state index in [1.54, 1.807) is 19.2 Å². The van der Waals surface area contributed by atoms with Crippen LogP contribution in [0.4, 0.5) is 0 Å². The number of rotatable bonds is 6. The Labute approximate surface area is 123 Å². The summed E-state index contributed by atoms with van der Waals surface area (Å²) in [6, 6.07) is 5.40. The van der Waals surface area contributed by atoms with Gasteiger partial charge in [-0.15, -0.1) is 0 Å². The molecule has 114 valence electrons. The van der Waals surface area contributed by atoms with Crippen LogP contribution in [-0.4, -0.2) is 30.8 Å². The van der Waals surface area contributed by atoms with Gasteiger partial charge >= 0.3 is 0 Å². The number of hydrogen-bond donors (Lipinski definition) is 2. The number of benzene rings is 1. The lowest BCUT2D eigenvalue weighted by Gasteiger charge is -2.14. The maximum atomic E-state index is 12.3. The van der Waals surface area contributed by atoms with Gasteiger partial charge < -0.3 is 19.6 Å². The highest BCUT2D eigenvalue weighted by atomic mass is 16.5. The zero-order chi connectivity index (χ0) is 15.4. The first-order chi connectivity index (χ1) is 10.1. The Balaban J connectivity index is 2.29. The average molecular weight is 291 g/mol. The van der Waals surface area contributed by atoms with Crippen molar-refractivity contribution in [1.29, 1.82) is 0 Å². The zero-order valence-corrected chi connectivity index (χ0v) is 12.6. The van der Waals surface area contributed by atoms with Crippen LogP contribution in [0.5, 0.6) is 5.75 Å². The van der Waals surface area contributed by atoms with E-state index in [1.165, 1.54) is 0 Å². The van der Waals surface area contributed by atoms with Crippen LogP contribution in [-0.2, 0) is 0 Å². The van der Waals surface area contributed by atoms with Gasteiger partial charge in [-0.3, -0.25) is 4.79 Å². The third-order valence-electron chi connectivity index (χ3n) is 3.66. The number of aliphatic hydroxyl groups excluding tert-OH is 1. The molecule has 1 heterocycles. The Morgan fingerprint density at radius 2 is 2.24 bits per heavy atom. The number of nitrogens with one attached hydrogen (secondary N) is 1. The van der Waals surface area contributed by atoms with Gasteiger partial charge in [-0.2, -0.15) is 0 Å². The summed E-state index contributed by atoms with van der Waals surface area (Å²) in [5, 5.41) is 12.7. The summed E-state index contributed by atoms with van der Waals surface area (Å²) in [7, 11) is 1.60. The van der Waals surface area contributed by atoms with Crippen molar-refractivity contribution in [3.63, 3.8) is 0 Å². The molecule has 0 radical (unpaired) electrons. The van der Waals surface area contributed by atoms with Gasteiger partial charge in [0.15, 0.2) is 5.76 Å². The van der Waals surface area contributed by atoms with Gasteiger partial charge in [-0.25, -0.2) is 0 Å². The SMILES string of the molecule is CCC(CCO)NC(=O)c1oc2ccc(OC)cc2c1C. The summed E-state index contributed by atoms with van der Waals surface area (Å²) in [4.78, 5) is 12.3. The molecule has 1 aromatic carbocycles. The van der Waals surface area contributed by atoms with Crippen molar-refractivity contribution in [2.24, 2.45) is 0 Å². The van der Waals surface area contributed by atoms with Crippen molar-refractivity contribution in [2.75, 3.05) is 13.7 Å². The van der Waals surface area contributed by atoms with Crippen LogP contribution in [0, 0.1) is 6.92 Å². The molecule has 5 nitrogen and oxygen atoms in total. The molecule has 2 rings (SSSR count). The van der Waals surface area contributed by atoms with E-state index in [0.29, 0.717) is 17.8 Å². The number of methoxy groups -OCH3 is 1. The van der Waals surface area contributed by atoms with Gasteiger partial charge in [0.25, 0.3) is 5.91 Å². The molecule has 0 aliphatic heterocycles. The predicted octanol–water partition coefficient (Wildman–Crippen LogP) is 2.64. The molecule has 0 aliphatic carbocycles.